The van der Waals surface area contributed by atoms with E-state index in [0.29, 0.717) is 19.1 Å². The molecule has 0 aliphatic carbocycles. The second-order valence-electron chi connectivity index (χ2n) is 5.83. The maximum absolute atomic E-state index is 10.6. The van der Waals surface area contributed by atoms with Crippen molar-refractivity contribution in [1.82, 2.24) is 19.7 Å². The monoisotopic (exact) mass is 348 g/mol. The standard InChI is InChI=1S/C16H24N6O3/c1-21(2)11-12-6-4-7-13(10-12)25-9-5-8-17-15-18-14(19-16(23)24)20-22(15)3/h4,6-7,10H,5,8-9,11H2,1-3H3,(H,23,24)(H2,17,18,19,20). The summed E-state index contributed by atoms with van der Waals surface area (Å²) >= 11 is 0. The fourth-order valence-corrected chi connectivity index (χ4v) is 2.25. The van der Waals surface area contributed by atoms with Gasteiger partial charge in [0.1, 0.15) is 5.75 Å². The summed E-state index contributed by atoms with van der Waals surface area (Å²) in [5.41, 5.74) is 1.21. The molecule has 9 nitrogen and oxygen atoms in total. The summed E-state index contributed by atoms with van der Waals surface area (Å²) in [5.74, 6) is 1.40. The van der Waals surface area contributed by atoms with E-state index in [1.807, 2.05) is 32.3 Å². The predicted molar refractivity (Wildman–Crippen MR) is 95.1 cm³/mol. The fourth-order valence-electron chi connectivity index (χ4n) is 2.25. The molecule has 0 bridgehead atoms. The number of ether oxygens (including phenoxy) is 1. The molecule has 0 fully saturated rings. The van der Waals surface area contributed by atoms with Crippen molar-refractivity contribution in [3.63, 3.8) is 0 Å². The Morgan fingerprint density at radius 3 is 2.92 bits per heavy atom. The lowest BCUT2D eigenvalue weighted by Crippen LogP contribution is -2.11. The van der Waals surface area contributed by atoms with Crippen molar-refractivity contribution in [2.24, 2.45) is 7.05 Å². The molecule has 0 aliphatic heterocycles. The highest BCUT2D eigenvalue weighted by Crippen LogP contribution is 2.14. The first-order valence-electron chi connectivity index (χ1n) is 7.95. The highest BCUT2D eigenvalue weighted by atomic mass is 16.5. The summed E-state index contributed by atoms with van der Waals surface area (Å²) < 4.78 is 7.25. The molecule has 1 aromatic heterocycles. The van der Waals surface area contributed by atoms with Crippen molar-refractivity contribution in [1.29, 1.82) is 0 Å². The van der Waals surface area contributed by atoms with Gasteiger partial charge in [-0.1, -0.05) is 12.1 Å². The third-order valence-corrected chi connectivity index (χ3v) is 3.25. The Kier molecular flexibility index (Phi) is 6.58. The number of anilines is 2. The van der Waals surface area contributed by atoms with E-state index in [4.69, 9.17) is 9.84 Å². The highest BCUT2D eigenvalue weighted by molar-refractivity contribution is 5.80. The molecule has 0 radical (unpaired) electrons. The van der Waals surface area contributed by atoms with Crippen LogP contribution in [0.15, 0.2) is 24.3 Å². The van der Waals surface area contributed by atoms with Gasteiger partial charge in [-0.25, -0.2) is 9.48 Å². The molecular formula is C16H24N6O3. The molecule has 1 amide bonds. The van der Waals surface area contributed by atoms with Crippen LogP contribution in [0.1, 0.15) is 12.0 Å². The van der Waals surface area contributed by atoms with E-state index in [1.165, 1.54) is 10.2 Å². The molecule has 0 aliphatic rings. The maximum Gasteiger partial charge on any atom is 0.411 e. The molecule has 1 heterocycles. The molecule has 25 heavy (non-hydrogen) atoms. The number of rotatable bonds is 9. The number of aromatic nitrogens is 3. The number of amides is 1. The quantitative estimate of drug-likeness (QED) is 0.594. The lowest BCUT2D eigenvalue weighted by atomic mass is 10.2. The van der Waals surface area contributed by atoms with E-state index in [2.05, 4.69) is 31.7 Å². The molecule has 2 aromatic rings. The van der Waals surface area contributed by atoms with Crippen LogP contribution in [0.2, 0.25) is 0 Å². The van der Waals surface area contributed by atoms with Gasteiger partial charge in [-0.15, -0.1) is 5.10 Å². The number of carbonyl (C=O) groups is 1. The van der Waals surface area contributed by atoms with Gasteiger partial charge in [-0.05, 0) is 38.2 Å². The minimum atomic E-state index is -1.19. The molecule has 0 unspecified atom stereocenters. The number of hydrogen-bond donors (Lipinski definition) is 3. The second-order valence-corrected chi connectivity index (χ2v) is 5.83. The summed E-state index contributed by atoms with van der Waals surface area (Å²) in [6.45, 7) is 2.07. The Labute approximate surface area is 146 Å². The molecule has 0 saturated heterocycles. The van der Waals surface area contributed by atoms with E-state index in [0.717, 1.165) is 18.7 Å². The first-order valence-corrected chi connectivity index (χ1v) is 7.95. The minimum absolute atomic E-state index is 0.0476. The summed E-state index contributed by atoms with van der Waals surface area (Å²) in [5, 5.41) is 17.8. The van der Waals surface area contributed by atoms with Gasteiger partial charge in [0.25, 0.3) is 5.95 Å². The van der Waals surface area contributed by atoms with Crippen LogP contribution in [-0.4, -0.2) is 58.1 Å². The van der Waals surface area contributed by atoms with E-state index in [9.17, 15) is 4.79 Å². The van der Waals surface area contributed by atoms with Crippen molar-refractivity contribution in [2.75, 3.05) is 37.9 Å². The van der Waals surface area contributed by atoms with Crippen LogP contribution in [0.3, 0.4) is 0 Å². The molecule has 136 valence electrons. The fraction of sp³-hybridized carbons (Fsp3) is 0.438. The number of benzene rings is 1. The normalized spacial score (nSPS) is 10.7. The third-order valence-electron chi connectivity index (χ3n) is 3.25. The number of carboxylic acid groups (broad SMARTS) is 1. The number of hydrogen-bond acceptors (Lipinski definition) is 6. The Bertz CT molecular complexity index is 701. The van der Waals surface area contributed by atoms with Gasteiger partial charge in [0.15, 0.2) is 0 Å². The van der Waals surface area contributed by atoms with E-state index in [-0.39, 0.29) is 5.95 Å². The van der Waals surface area contributed by atoms with Crippen LogP contribution in [0.25, 0.3) is 0 Å². The van der Waals surface area contributed by atoms with Gasteiger partial charge in [-0.2, -0.15) is 4.98 Å². The first-order chi connectivity index (χ1) is 11.9. The predicted octanol–water partition coefficient (Wildman–Crippen LogP) is 1.85. The minimum Gasteiger partial charge on any atom is -0.494 e. The molecule has 0 atom stereocenters. The summed E-state index contributed by atoms with van der Waals surface area (Å²) in [6, 6.07) is 8.05. The largest absolute Gasteiger partial charge is 0.494 e. The van der Waals surface area contributed by atoms with E-state index < -0.39 is 6.09 Å². The molecule has 3 N–H and O–H groups in total. The van der Waals surface area contributed by atoms with Crippen LogP contribution in [0, 0.1) is 0 Å². The van der Waals surface area contributed by atoms with Gasteiger partial charge in [-0.3, -0.25) is 5.32 Å². The van der Waals surface area contributed by atoms with Gasteiger partial charge < -0.3 is 20.1 Å². The number of nitrogens with zero attached hydrogens (tertiary/aromatic N) is 4. The summed E-state index contributed by atoms with van der Waals surface area (Å²) in [4.78, 5) is 16.7. The maximum atomic E-state index is 10.6. The average molecular weight is 348 g/mol. The summed E-state index contributed by atoms with van der Waals surface area (Å²) in [7, 11) is 5.75. The van der Waals surface area contributed by atoms with Crippen molar-refractivity contribution >= 4 is 18.0 Å². The topological polar surface area (TPSA) is 105 Å². The lowest BCUT2D eigenvalue weighted by Gasteiger charge is -2.12. The smallest absolute Gasteiger partial charge is 0.411 e. The van der Waals surface area contributed by atoms with Crippen LogP contribution in [-0.2, 0) is 13.6 Å². The van der Waals surface area contributed by atoms with Gasteiger partial charge in [0, 0.05) is 20.1 Å². The molecule has 0 saturated carbocycles. The average Bonchev–Trinajstić information content (AvgIpc) is 2.85. The van der Waals surface area contributed by atoms with Crippen molar-refractivity contribution in [3.05, 3.63) is 29.8 Å². The molecule has 0 spiro atoms. The zero-order valence-electron chi connectivity index (χ0n) is 14.7. The van der Waals surface area contributed by atoms with Gasteiger partial charge >= 0.3 is 6.09 Å². The van der Waals surface area contributed by atoms with Crippen LogP contribution in [0.4, 0.5) is 16.7 Å². The Hall–Kier alpha value is -2.81. The summed E-state index contributed by atoms with van der Waals surface area (Å²) in [6.07, 6.45) is -0.422. The van der Waals surface area contributed by atoms with Gasteiger partial charge in [0.05, 0.1) is 6.61 Å². The molecular weight excluding hydrogens is 324 g/mol. The Balaban J connectivity index is 1.73. The van der Waals surface area contributed by atoms with Crippen molar-refractivity contribution in [3.8, 4) is 5.75 Å². The first kappa shape index (κ1) is 18.5. The van der Waals surface area contributed by atoms with E-state index >= 15 is 0 Å². The van der Waals surface area contributed by atoms with E-state index in [1.54, 1.807) is 7.05 Å². The van der Waals surface area contributed by atoms with Crippen molar-refractivity contribution < 1.29 is 14.6 Å². The number of nitrogens with one attached hydrogen (secondary N) is 2. The highest BCUT2D eigenvalue weighted by Gasteiger charge is 2.08. The van der Waals surface area contributed by atoms with Crippen LogP contribution >= 0.6 is 0 Å². The van der Waals surface area contributed by atoms with Crippen LogP contribution < -0.4 is 15.4 Å². The van der Waals surface area contributed by atoms with Crippen LogP contribution in [0.5, 0.6) is 5.75 Å². The van der Waals surface area contributed by atoms with Gasteiger partial charge in [0.2, 0.25) is 5.95 Å². The third kappa shape index (κ3) is 6.30. The second kappa shape index (κ2) is 8.88. The molecule has 1 aromatic carbocycles. The Morgan fingerprint density at radius 1 is 1.40 bits per heavy atom. The zero-order chi connectivity index (χ0) is 18.2. The Morgan fingerprint density at radius 2 is 2.20 bits per heavy atom. The number of aryl methyl sites for hydroxylation is 1. The van der Waals surface area contributed by atoms with Crippen molar-refractivity contribution in [2.45, 2.75) is 13.0 Å². The SMILES string of the molecule is CN(C)Cc1cccc(OCCCNc2nc(NC(=O)O)nn2C)c1. The lowest BCUT2D eigenvalue weighted by molar-refractivity contribution is 0.209. The zero-order valence-corrected chi connectivity index (χ0v) is 14.7. The molecule has 2 rings (SSSR count). The molecule has 9 heteroatoms.